The summed E-state index contributed by atoms with van der Waals surface area (Å²) >= 11 is 5.89. The standard InChI is InChI=1S/C12H10ClN3O2/c13-9-3-1-2-8(6-9)12-14-5-4-10(16-12)15-7-11(17)18/h1-6H,7H2,(H,17,18)(H,14,15,16). The number of aromatic nitrogens is 2. The molecule has 2 aromatic rings. The third-order valence-corrected chi connectivity index (χ3v) is 2.39. The molecule has 0 radical (unpaired) electrons. The molecule has 1 aromatic carbocycles. The quantitative estimate of drug-likeness (QED) is 0.885. The molecule has 0 saturated heterocycles. The molecule has 2 rings (SSSR count). The van der Waals surface area contributed by atoms with Crippen molar-refractivity contribution in [2.75, 3.05) is 11.9 Å². The molecule has 0 unspecified atom stereocenters. The lowest BCUT2D eigenvalue weighted by Gasteiger charge is -2.05. The van der Waals surface area contributed by atoms with Crippen LogP contribution in [-0.4, -0.2) is 27.6 Å². The summed E-state index contributed by atoms with van der Waals surface area (Å²) in [6.45, 7) is -0.188. The number of rotatable bonds is 4. The van der Waals surface area contributed by atoms with Gasteiger partial charge in [0.2, 0.25) is 0 Å². The van der Waals surface area contributed by atoms with Crippen LogP contribution in [0.15, 0.2) is 36.5 Å². The van der Waals surface area contributed by atoms with Crippen molar-refractivity contribution >= 4 is 23.4 Å². The maximum Gasteiger partial charge on any atom is 0.322 e. The third kappa shape index (κ3) is 3.18. The molecule has 92 valence electrons. The van der Waals surface area contributed by atoms with Gasteiger partial charge in [0.05, 0.1) is 0 Å². The Labute approximate surface area is 108 Å². The second-order valence-electron chi connectivity index (χ2n) is 3.52. The lowest BCUT2D eigenvalue weighted by Crippen LogP contribution is -2.13. The van der Waals surface area contributed by atoms with Crippen LogP contribution in [-0.2, 0) is 4.79 Å². The van der Waals surface area contributed by atoms with Crippen molar-refractivity contribution < 1.29 is 9.90 Å². The molecular weight excluding hydrogens is 254 g/mol. The van der Waals surface area contributed by atoms with E-state index in [-0.39, 0.29) is 6.54 Å². The highest BCUT2D eigenvalue weighted by atomic mass is 35.5. The number of nitrogens with one attached hydrogen (secondary N) is 1. The Morgan fingerprint density at radius 2 is 2.22 bits per heavy atom. The van der Waals surface area contributed by atoms with E-state index in [0.29, 0.717) is 16.7 Å². The van der Waals surface area contributed by atoms with Crippen LogP contribution in [0, 0.1) is 0 Å². The minimum absolute atomic E-state index is 0.188. The number of hydrogen-bond acceptors (Lipinski definition) is 4. The SMILES string of the molecule is O=C(O)CNc1ccnc(-c2cccc(Cl)c2)n1. The largest absolute Gasteiger partial charge is 0.480 e. The first-order chi connectivity index (χ1) is 8.65. The molecule has 6 heteroatoms. The zero-order chi connectivity index (χ0) is 13.0. The Bertz CT molecular complexity index is 575. The zero-order valence-electron chi connectivity index (χ0n) is 9.30. The molecule has 0 bridgehead atoms. The predicted octanol–water partition coefficient (Wildman–Crippen LogP) is 2.29. The average Bonchev–Trinajstić information content (AvgIpc) is 2.37. The monoisotopic (exact) mass is 263 g/mol. The third-order valence-electron chi connectivity index (χ3n) is 2.16. The highest BCUT2D eigenvalue weighted by Gasteiger charge is 2.04. The molecule has 0 aliphatic rings. The molecule has 0 aliphatic heterocycles. The van der Waals surface area contributed by atoms with Crippen LogP contribution in [0.4, 0.5) is 5.82 Å². The summed E-state index contributed by atoms with van der Waals surface area (Å²) < 4.78 is 0. The smallest absolute Gasteiger partial charge is 0.322 e. The van der Waals surface area contributed by atoms with Crippen LogP contribution >= 0.6 is 11.6 Å². The fraction of sp³-hybridized carbons (Fsp3) is 0.0833. The van der Waals surface area contributed by atoms with Crippen molar-refractivity contribution in [2.45, 2.75) is 0 Å². The van der Waals surface area contributed by atoms with E-state index in [9.17, 15) is 4.79 Å². The van der Waals surface area contributed by atoms with Gasteiger partial charge in [-0.15, -0.1) is 0 Å². The van der Waals surface area contributed by atoms with Crippen LogP contribution in [0.1, 0.15) is 0 Å². The van der Waals surface area contributed by atoms with Gasteiger partial charge in [-0.3, -0.25) is 4.79 Å². The number of benzene rings is 1. The first kappa shape index (κ1) is 12.3. The molecule has 0 aliphatic carbocycles. The number of carbonyl (C=O) groups is 1. The van der Waals surface area contributed by atoms with Crippen molar-refractivity contribution in [3.05, 3.63) is 41.6 Å². The molecule has 0 spiro atoms. The van der Waals surface area contributed by atoms with Gasteiger partial charge >= 0.3 is 5.97 Å². The van der Waals surface area contributed by atoms with E-state index >= 15 is 0 Å². The van der Waals surface area contributed by atoms with E-state index in [1.54, 1.807) is 30.5 Å². The second-order valence-corrected chi connectivity index (χ2v) is 3.96. The molecule has 5 nitrogen and oxygen atoms in total. The van der Waals surface area contributed by atoms with E-state index in [1.807, 2.05) is 6.07 Å². The molecule has 0 atom stereocenters. The summed E-state index contributed by atoms with van der Waals surface area (Å²) in [5.74, 6) is 0.00758. The van der Waals surface area contributed by atoms with E-state index in [1.165, 1.54) is 0 Å². The molecule has 0 saturated carbocycles. The van der Waals surface area contributed by atoms with E-state index in [4.69, 9.17) is 16.7 Å². The van der Waals surface area contributed by atoms with Crippen molar-refractivity contribution in [1.82, 2.24) is 9.97 Å². The van der Waals surface area contributed by atoms with Gasteiger partial charge in [-0.25, -0.2) is 9.97 Å². The lowest BCUT2D eigenvalue weighted by atomic mass is 10.2. The Hall–Kier alpha value is -2.14. The van der Waals surface area contributed by atoms with Crippen LogP contribution < -0.4 is 5.32 Å². The van der Waals surface area contributed by atoms with Crippen molar-refractivity contribution in [3.8, 4) is 11.4 Å². The molecular formula is C12H10ClN3O2. The molecule has 2 N–H and O–H groups in total. The van der Waals surface area contributed by atoms with E-state index in [2.05, 4.69) is 15.3 Å². The molecule has 18 heavy (non-hydrogen) atoms. The number of hydrogen-bond donors (Lipinski definition) is 2. The zero-order valence-corrected chi connectivity index (χ0v) is 10.1. The highest BCUT2D eigenvalue weighted by molar-refractivity contribution is 6.30. The Morgan fingerprint density at radius 3 is 2.94 bits per heavy atom. The first-order valence-corrected chi connectivity index (χ1v) is 5.57. The number of anilines is 1. The van der Waals surface area contributed by atoms with Gasteiger partial charge in [0.1, 0.15) is 12.4 Å². The van der Waals surface area contributed by atoms with E-state index in [0.717, 1.165) is 5.56 Å². The summed E-state index contributed by atoms with van der Waals surface area (Å²) in [7, 11) is 0. The number of aliphatic carboxylic acids is 1. The highest BCUT2D eigenvalue weighted by Crippen LogP contribution is 2.19. The maximum absolute atomic E-state index is 10.4. The fourth-order valence-corrected chi connectivity index (χ4v) is 1.58. The topological polar surface area (TPSA) is 75.1 Å². The van der Waals surface area contributed by atoms with Gasteiger partial charge in [0, 0.05) is 16.8 Å². The van der Waals surface area contributed by atoms with Crippen molar-refractivity contribution in [3.63, 3.8) is 0 Å². The van der Waals surface area contributed by atoms with Crippen LogP contribution in [0.3, 0.4) is 0 Å². The fourth-order valence-electron chi connectivity index (χ4n) is 1.39. The summed E-state index contributed by atoms with van der Waals surface area (Å²) in [5, 5.41) is 11.9. The first-order valence-electron chi connectivity index (χ1n) is 5.20. The van der Waals surface area contributed by atoms with Crippen molar-refractivity contribution in [1.29, 1.82) is 0 Å². The molecule has 1 heterocycles. The van der Waals surface area contributed by atoms with Gasteiger partial charge in [-0.2, -0.15) is 0 Å². The molecule has 0 amide bonds. The summed E-state index contributed by atoms with van der Waals surface area (Å²) in [5.41, 5.74) is 0.779. The van der Waals surface area contributed by atoms with Gasteiger partial charge in [0.15, 0.2) is 5.82 Å². The van der Waals surface area contributed by atoms with Crippen LogP contribution in [0.2, 0.25) is 5.02 Å². The van der Waals surface area contributed by atoms with Crippen LogP contribution in [0.5, 0.6) is 0 Å². The van der Waals surface area contributed by atoms with Gasteiger partial charge in [-0.1, -0.05) is 23.7 Å². The maximum atomic E-state index is 10.4. The molecule has 0 fully saturated rings. The summed E-state index contributed by atoms with van der Waals surface area (Å²) in [6.07, 6.45) is 1.56. The van der Waals surface area contributed by atoms with Crippen LogP contribution in [0.25, 0.3) is 11.4 Å². The average molecular weight is 264 g/mol. The van der Waals surface area contributed by atoms with Gasteiger partial charge in [0.25, 0.3) is 0 Å². The summed E-state index contributed by atoms with van der Waals surface area (Å²) in [4.78, 5) is 18.8. The van der Waals surface area contributed by atoms with Crippen molar-refractivity contribution in [2.24, 2.45) is 0 Å². The minimum Gasteiger partial charge on any atom is -0.480 e. The summed E-state index contributed by atoms with van der Waals surface area (Å²) in [6, 6.07) is 8.76. The minimum atomic E-state index is -0.946. The van der Waals surface area contributed by atoms with Gasteiger partial charge < -0.3 is 10.4 Å². The number of carboxylic acids is 1. The second kappa shape index (κ2) is 5.46. The van der Waals surface area contributed by atoms with E-state index < -0.39 is 5.97 Å². The number of nitrogens with zero attached hydrogens (tertiary/aromatic N) is 2. The lowest BCUT2D eigenvalue weighted by molar-refractivity contribution is -0.134. The predicted molar refractivity (Wildman–Crippen MR) is 68.6 cm³/mol. The Kier molecular flexibility index (Phi) is 3.74. The number of halogens is 1. The number of carboxylic acid groups (broad SMARTS) is 1. The molecule has 1 aromatic heterocycles. The normalized spacial score (nSPS) is 10.1. The Morgan fingerprint density at radius 1 is 1.39 bits per heavy atom. The Balaban J connectivity index is 2.24. The van der Waals surface area contributed by atoms with Gasteiger partial charge in [-0.05, 0) is 18.2 Å².